The first-order valence-electron chi connectivity index (χ1n) is 25.2. The molecule has 0 saturated heterocycles. The Balaban J connectivity index is 0.00000640. The number of nitrogens with zero attached hydrogens (tertiary/aromatic N) is 4. The van der Waals surface area contributed by atoms with Gasteiger partial charge in [0.15, 0.2) is 0 Å². The molecular weight excluding hydrogens is 1060 g/mol. The predicted octanol–water partition coefficient (Wildman–Crippen LogP) is 17.3. The van der Waals surface area contributed by atoms with Crippen LogP contribution in [0.2, 0.25) is 0 Å². The Hall–Kier alpha value is -6.68. The summed E-state index contributed by atoms with van der Waals surface area (Å²) < 4.78 is 9.33. The van der Waals surface area contributed by atoms with Crippen molar-refractivity contribution in [1.29, 1.82) is 0 Å². The van der Waals surface area contributed by atoms with E-state index in [0.717, 1.165) is 44.6 Å². The third kappa shape index (κ3) is 9.57. The van der Waals surface area contributed by atoms with E-state index < -0.39 is 0 Å². The quantitative estimate of drug-likeness (QED) is 0.114. The molecule has 0 aliphatic carbocycles. The van der Waals surface area contributed by atoms with Gasteiger partial charge in [0.05, 0.1) is 0 Å². The van der Waals surface area contributed by atoms with Crippen LogP contribution < -0.4 is 14.5 Å². The van der Waals surface area contributed by atoms with E-state index in [1.807, 2.05) is 12.3 Å². The van der Waals surface area contributed by atoms with Crippen molar-refractivity contribution in [3.63, 3.8) is 0 Å². The fraction of sp³-hybridized carbons (Fsp3) is 0.242. The zero-order valence-corrected chi connectivity index (χ0v) is 45.8. The molecule has 10 rings (SSSR count). The number of fused-ring (bicyclic) bond motifs is 3. The largest absolute Gasteiger partial charge is 0.509 e. The first-order valence-corrected chi connectivity index (χ1v) is 25.2. The number of benzene rings is 7. The molecule has 0 atom stereocenters. The van der Waals surface area contributed by atoms with Crippen molar-refractivity contribution in [3.05, 3.63) is 234 Å². The van der Waals surface area contributed by atoms with Crippen LogP contribution in [-0.4, -0.2) is 9.55 Å². The smallest absolute Gasteiger partial charge is 0.135 e. The van der Waals surface area contributed by atoms with Gasteiger partial charge in [0, 0.05) is 60.8 Å². The van der Waals surface area contributed by atoms with Crippen LogP contribution in [0.5, 0.6) is 11.5 Å². The summed E-state index contributed by atoms with van der Waals surface area (Å²) in [6.07, 6.45) is 6.16. The molecule has 6 heteroatoms. The molecule has 9 aromatic rings. The molecule has 0 bridgehead atoms. The predicted molar refractivity (Wildman–Crippen MR) is 297 cm³/mol. The first kappa shape index (κ1) is 50.3. The average Bonchev–Trinajstić information content (AvgIpc) is 4.00. The fourth-order valence-corrected chi connectivity index (χ4v) is 10.2. The van der Waals surface area contributed by atoms with Gasteiger partial charge in [-0.3, -0.25) is 0 Å². The van der Waals surface area contributed by atoms with Crippen LogP contribution in [0.25, 0.3) is 38.8 Å². The van der Waals surface area contributed by atoms with Gasteiger partial charge in [-0.25, -0.2) is 4.98 Å². The summed E-state index contributed by atoms with van der Waals surface area (Å²) >= 11 is 0. The summed E-state index contributed by atoms with van der Waals surface area (Å²) in [7, 11) is 0. The molecule has 3 heterocycles. The number of hydrogen-bond donors (Lipinski definition) is 0. The van der Waals surface area contributed by atoms with Gasteiger partial charge in [0.1, 0.15) is 5.82 Å². The van der Waals surface area contributed by atoms with E-state index >= 15 is 0 Å². The molecule has 1 aliphatic heterocycles. The third-order valence-corrected chi connectivity index (χ3v) is 14.7. The summed E-state index contributed by atoms with van der Waals surface area (Å²) in [5.74, 6) is 2.65. The van der Waals surface area contributed by atoms with Gasteiger partial charge in [-0.1, -0.05) is 185 Å². The zero-order chi connectivity index (χ0) is 49.8. The normalized spacial score (nSPS) is 13.2. The summed E-state index contributed by atoms with van der Waals surface area (Å²) in [5.41, 5.74) is 14.6. The maximum atomic E-state index is 7.05. The Labute approximate surface area is 442 Å². The topological polar surface area (TPSA) is 33.5 Å². The summed E-state index contributed by atoms with van der Waals surface area (Å²) in [4.78, 5) is 9.44. The van der Waals surface area contributed by atoms with Gasteiger partial charge in [0.2, 0.25) is 0 Å². The second kappa shape index (κ2) is 19.7. The summed E-state index contributed by atoms with van der Waals surface area (Å²) in [6.45, 7) is 27.2. The van der Waals surface area contributed by atoms with Crippen LogP contribution in [0.3, 0.4) is 0 Å². The molecule has 72 heavy (non-hydrogen) atoms. The molecule has 7 aromatic carbocycles. The van der Waals surface area contributed by atoms with Crippen molar-refractivity contribution in [3.8, 4) is 28.4 Å². The maximum absolute atomic E-state index is 7.05. The van der Waals surface area contributed by atoms with Crippen LogP contribution in [0.15, 0.2) is 176 Å². The van der Waals surface area contributed by atoms with Gasteiger partial charge in [-0.2, -0.15) is 6.07 Å². The van der Waals surface area contributed by atoms with Gasteiger partial charge in [0.25, 0.3) is 0 Å². The molecule has 5 nitrogen and oxygen atoms in total. The zero-order valence-electron chi connectivity index (χ0n) is 43.5. The number of ether oxygens (including phenoxy) is 1. The van der Waals surface area contributed by atoms with Crippen LogP contribution >= 0.6 is 0 Å². The molecular formula is C66H65N4OPt-3. The van der Waals surface area contributed by atoms with Crippen molar-refractivity contribution in [1.82, 2.24) is 9.55 Å². The van der Waals surface area contributed by atoms with Crippen molar-refractivity contribution >= 4 is 33.2 Å². The Morgan fingerprint density at radius 1 is 0.528 bits per heavy atom. The van der Waals surface area contributed by atoms with Crippen molar-refractivity contribution in [2.75, 3.05) is 9.80 Å². The fourth-order valence-electron chi connectivity index (χ4n) is 10.2. The Kier molecular flexibility index (Phi) is 13.8. The minimum Gasteiger partial charge on any atom is -0.509 e. The minimum absolute atomic E-state index is 0. The van der Waals surface area contributed by atoms with Crippen molar-refractivity contribution in [2.45, 2.75) is 104 Å². The van der Waals surface area contributed by atoms with Gasteiger partial charge in [-0.15, -0.1) is 53.6 Å². The van der Waals surface area contributed by atoms with Gasteiger partial charge in [-0.05, 0) is 110 Å². The second-order valence-electron chi connectivity index (χ2n) is 21.9. The van der Waals surface area contributed by atoms with Crippen molar-refractivity contribution in [2.24, 2.45) is 0 Å². The SMILES string of the molecule is CC(C)c1cccc(C(C)C)c1-c1cc(Oc2[c-]c3c(cc2)c2ccc(C(C)(C)c4ccccc4)cc2n3-c2cc(C(C)(C)c3ccccc3)ccn2)[c-]c(N2C=CN(c3cccc(C(C)(C)C)c3)[CH-]2)c1.[Pt]. The van der Waals surface area contributed by atoms with Crippen molar-refractivity contribution < 1.29 is 25.8 Å². The number of hydrogen-bond acceptors (Lipinski definition) is 4. The average molecular weight is 1130 g/mol. The van der Waals surface area contributed by atoms with Crippen LogP contribution in [-0.2, 0) is 37.3 Å². The number of rotatable bonds is 12. The summed E-state index contributed by atoms with van der Waals surface area (Å²) in [6, 6.07) is 64.4. The van der Waals surface area contributed by atoms with Gasteiger partial charge >= 0.3 is 0 Å². The van der Waals surface area contributed by atoms with E-state index in [1.165, 1.54) is 44.5 Å². The summed E-state index contributed by atoms with van der Waals surface area (Å²) in [5, 5.41) is 2.20. The van der Waals surface area contributed by atoms with E-state index in [1.54, 1.807) is 0 Å². The van der Waals surface area contributed by atoms with E-state index in [2.05, 4.69) is 273 Å². The minimum atomic E-state index is -0.270. The van der Waals surface area contributed by atoms with E-state index in [4.69, 9.17) is 9.72 Å². The van der Waals surface area contributed by atoms with E-state index in [9.17, 15) is 0 Å². The number of anilines is 2. The van der Waals surface area contributed by atoms with Crippen LogP contribution in [0.1, 0.15) is 127 Å². The molecule has 0 saturated carbocycles. The third-order valence-electron chi connectivity index (χ3n) is 14.7. The monoisotopic (exact) mass is 1120 g/mol. The second-order valence-corrected chi connectivity index (χ2v) is 21.9. The maximum Gasteiger partial charge on any atom is 0.135 e. The first-order chi connectivity index (χ1) is 34.0. The Morgan fingerprint density at radius 3 is 1.76 bits per heavy atom. The van der Waals surface area contributed by atoms with Crippen LogP contribution in [0, 0.1) is 18.8 Å². The molecule has 2 aromatic heterocycles. The molecule has 368 valence electrons. The molecule has 0 N–H and O–H groups in total. The van der Waals surface area contributed by atoms with Gasteiger partial charge < -0.3 is 19.1 Å². The van der Waals surface area contributed by atoms with E-state index in [-0.39, 0.29) is 37.3 Å². The standard InChI is InChI=1S/C66H65N4O.Pt/c1-44(2)56-26-19-27-57(45(3)4)63(56)46-36-53(69-35-34-68(43-69)52-25-18-24-49(38-52)64(5,6)7)41-55(37-46)71-54-29-31-59-58-30-28-50(65(8,9)47-20-14-12-15-21-47)39-60(58)70(61(59)42-54)62-40-51(32-33-67-62)66(10,11)48-22-16-13-17-23-48;/h12-40,43-45H,1-11H3;/q-3;. The number of pyridine rings is 1. The molecule has 0 amide bonds. The number of aromatic nitrogens is 2. The Morgan fingerprint density at radius 2 is 1.12 bits per heavy atom. The molecule has 1 aliphatic rings. The van der Waals surface area contributed by atoms with Crippen LogP contribution in [0.4, 0.5) is 11.4 Å². The molecule has 0 unspecified atom stereocenters. The molecule has 0 radical (unpaired) electrons. The molecule has 0 fully saturated rings. The molecule has 0 spiro atoms. The van der Waals surface area contributed by atoms with E-state index in [0.29, 0.717) is 23.3 Å². The Bertz CT molecular complexity index is 3410.